The number of amides is 2. The van der Waals surface area contributed by atoms with Crippen LogP contribution in [0.4, 0.5) is 5.69 Å². The van der Waals surface area contributed by atoms with Gasteiger partial charge in [0.1, 0.15) is 5.70 Å². The van der Waals surface area contributed by atoms with Crippen LogP contribution in [0.25, 0.3) is 16.5 Å². The fourth-order valence-corrected chi connectivity index (χ4v) is 4.53. The highest BCUT2D eigenvalue weighted by atomic mass is 16.2. The minimum atomic E-state index is -0.246. The van der Waals surface area contributed by atoms with E-state index in [1.807, 2.05) is 96.9 Å². The molecule has 1 aliphatic heterocycles. The number of fused-ring (bicyclic) bond motifs is 1. The molecule has 5 rings (SSSR count). The Hall–Kier alpha value is -4.12. The number of imide groups is 1. The fourth-order valence-electron chi connectivity index (χ4n) is 4.53. The Morgan fingerprint density at radius 2 is 1.48 bits per heavy atom. The largest absolute Gasteiger partial charge is 0.361 e. The average Bonchev–Trinajstić information content (AvgIpc) is 3.38. The zero-order chi connectivity index (χ0) is 22.8. The summed E-state index contributed by atoms with van der Waals surface area (Å²) in [6.45, 7) is 2.89. The maximum Gasteiger partial charge on any atom is 0.278 e. The van der Waals surface area contributed by atoms with Crippen molar-refractivity contribution in [3.8, 4) is 0 Å². The number of carbonyl (C=O) groups is 2. The van der Waals surface area contributed by atoms with Crippen LogP contribution in [0.5, 0.6) is 0 Å². The molecule has 2 amide bonds. The third-order valence-corrected chi connectivity index (χ3v) is 6.14. The van der Waals surface area contributed by atoms with E-state index in [0.29, 0.717) is 30.8 Å². The third-order valence-electron chi connectivity index (χ3n) is 6.14. The van der Waals surface area contributed by atoms with Crippen molar-refractivity contribution in [1.29, 1.82) is 0 Å². The van der Waals surface area contributed by atoms with Gasteiger partial charge in [0.2, 0.25) is 0 Å². The summed E-state index contributed by atoms with van der Waals surface area (Å²) >= 11 is 0. The molecule has 0 fully saturated rings. The number of aromatic amines is 1. The molecule has 0 unspecified atom stereocenters. The molecule has 1 aromatic heterocycles. The lowest BCUT2D eigenvalue weighted by Crippen LogP contribution is -2.36. The summed E-state index contributed by atoms with van der Waals surface area (Å²) in [5.41, 5.74) is 4.70. The summed E-state index contributed by atoms with van der Waals surface area (Å²) < 4.78 is 0. The molecule has 4 aromatic rings. The number of likely N-dealkylation sites (N-methyl/N-ethyl adjacent to an activating group) is 1. The van der Waals surface area contributed by atoms with Crippen molar-refractivity contribution >= 4 is 34.0 Å². The molecule has 0 saturated heterocycles. The second kappa shape index (κ2) is 8.79. The van der Waals surface area contributed by atoms with E-state index < -0.39 is 0 Å². The molecule has 0 bridgehead atoms. The standard InChI is InChI=1S/C28H25N3O2/c1-2-30(22-13-7-4-8-14-22)26-25(20-11-5-3-6-12-20)27(32)31(28(26)33)18-17-21-19-29-24-16-10-9-15-23(21)24/h3-16,19,29H,2,17-18H2,1H3. The van der Waals surface area contributed by atoms with Crippen LogP contribution in [0.3, 0.4) is 0 Å². The number of para-hydroxylation sites is 2. The minimum Gasteiger partial charge on any atom is -0.361 e. The Morgan fingerprint density at radius 1 is 0.818 bits per heavy atom. The first kappa shape index (κ1) is 20.8. The predicted octanol–water partition coefficient (Wildman–Crippen LogP) is 5.02. The highest BCUT2D eigenvalue weighted by Crippen LogP contribution is 2.34. The number of hydrogen-bond donors (Lipinski definition) is 1. The molecule has 5 heteroatoms. The van der Waals surface area contributed by atoms with Crippen molar-refractivity contribution in [3.05, 3.63) is 108 Å². The number of anilines is 1. The second-order valence-electron chi connectivity index (χ2n) is 8.04. The summed E-state index contributed by atoms with van der Waals surface area (Å²) in [7, 11) is 0. The maximum atomic E-state index is 13.7. The molecular formula is C28H25N3O2. The molecular weight excluding hydrogens is 410 g/mol. The molecule has 0 spiro atoms. The summed E-state index contributed by atoms with van der Waals surface area (Å²) in [5, 5.41) is 1.12. The van der Waals surface area contributed by atoms with Crippen LogP contribution in [0.2, 0.25) is 0 Å². The van der Waals surface area contributed by atoms with Gasteiger partial charge in [-0.25, -0.2) is 0 Å². The predicted molar refractivity (Wildman–Crippen MR) is 132 cm³/mol. The molecule has 33 heavy (non-hydrogen) atoms. The number of nitrogens with one attached hydrogen (secondary N) is 1. The Morgan fingerprint density at radius 3 is 2.21 bits per heavy atom. The van der Waals surface area contributed by atoms with Crippen LogP contribution < -0.4 is 4.90 Å². The van der Waals surface area contributed by atoms with Gasteiger partial charge >= 0.3 is 0 Å². The van der Waals surface area contributed by atoms with Gasteiger partial charge in [-0.05, 0) is 42.7 Å². The van der Waals surface area contributed by atoms with E-state index in [-0.39, 0.29) is 11.8 Å². The van der Waals surface area contributed by atoms with Crippen LogP contribution >= 0.6 is 0 Å². The molecule has 1 N–H and O–H groups in total. The Labute approximate surface area is 193 Å². The van der Waals surface area contributed by atoms with Crippen molar-refractivity contribution in [3.63, 3.8) is 0 Å². The topological polar surface area (TPSA) is 56.4 Å². The van der Waals surface area contributed by atoms with Crippen molar-refractivity contribution in [2.45, 2.75) is 13.3 Å². The van der Waals surface area contributed by atoms with E-state index in [1.54, 1.807) is 0 Å². The van der Waals surface area contributed by atoms with Gasteiger partial charge < -0.3 is 9.88 Å². The molecule has 0 aliphatic carbocycles. The number of H-pyrrole nitrogens is 1. The molecule has 0 atom stereocenters. The minimum absolute atomic E-state index is 0.240. The first-order valence-corrected chi connectivity index (χ1v) is 11.2. The number of rotatable bonds is 7. The lowest BCUT2D eigenvalue weighted by atomic mass is 10.0. The number of carbonyl (C=O) groups excluding carboxylic acids is 2. The molecule has 0 saturated carbocycles. The summed E-state index contributed by atoms with van der Waals surface area (Å²) in [5.74, 6) is -0.486. The van der Waals surface area contributed by atoms with E-state index in [2.05, 4.69) is 11.1 Å². The van der Waals surface area contributed by atoms with Crippen LogP contribution in [0, 0.1) is 0 Å². The lowest BCUT2D eigenvalue weighted by Gasteiger charge is -2.25. The van der Waals surface area contributed by atoms with E-state index >= 15 is 0 Å². The van der Waals surface area contributed by atoms with E-state index in [4.69, 9.17) is 0 Å². The Bertz CT molecular complexity index is 1340. The van der Waals surface area contributed by atoms with Crippen molar-refractivity contribution in [1.82, 2.24) is 9.88 Å². The van der Waals surface area contributed by atoms with E-state index in [9.17, 15) is 9.59 Å². The van der Waals surface area contributed by atoms with Gasteiger partial charge in [-0.3, -0.25) is 14.5 Å². The Balaban J connectivity index is 1.51. The highest BCUT2D eigenvalue weighted by molar-refractivity contribution is 6.36. The monoisotopic (exact) mass is 435 g/mol. The zero-order valence-electron chi connectivity index (χ0n) is 18.5. The van der Waals surface area contributed by atoms with Gasteiger partial charge in [0, 0.05) is 35.9 Å². The van der Waals surface area contributed by atoms with Crippen LogP contribution in [-0.4, -0.2) is 34.8 Å². The highest BCUT2D eigenvalue weighted by Gasteiger charge is 2.41. The van der Waals surface area contributed by atoms with Gasteiger partial charge in [-0.1, -0.05) is 66.7 Å². The second-order valence-corrected chi connectivity index (χ2v) is 8.04. The van der Waals surface area contributed by atoms with E-state index in [0.717, 1.165) is 27.7 Å². The van der Waals surface area contributed by atoms with Gasteiger partial charge in [0.15, 0.2) is 0 Å². The Kier molecular flexibility index (Phi) is 5.53. The molecule has 2 heterocycles. The SMILES string of the molecule is CCN(C1=C(c2ccccc2)C(=O)N(CCc2c[nH]c3ccccc23)C1=O)c1ccccc1. The van der Waals surface area contributed by atoms with Crippen LogP contribution in [0.1, 0.15) is 18.1 Å². The maximum absolute atomic E-state index is 13.7. The quantitative estimate of drug-likeness (QED) is 0.415. The summed E-state index contributed by atoms with van der Waals surface area (Å²) in [4.78, 5) is 33.9. The fraction of sp³-hybridized carbons (Fsp3) is 0.143. The number of aromatic nitrogens is 1. The normalized spacial score (nSPS) is 13.9. The molecule has 5 nitrogen and oxygen atoms in total. The van der Waals surface area contributed by atoms with Crippen LogP contribution in [-0.2, 0) is 16.0 Å². The number of hydrogen-bond acceptors (Lipinski definition) is 3. The summed E-state index contributed by atoms with van der Waals surface area (Å²) in [6.07, 6.45) is 2.55. The summed E-state index contributed by atoms with van der Waals surface area (Å²) in [6, 6.07) is 27.3. The van der Waals surface area contributed by atoms with Gasteiger partial charge in [0.05, 0.1) is 5.57 Å². The van der Waals surface area contributed by atoms with Gasteiger partial charge in [0.25, 0.3) is 11.8 Å². The smallest absolute Gasteiger partial charge is 0.278 e. The third kappa shape index (κ3) is 3.72. The van der Waals surface area contributed by atoms with Gasteiger partial charge in [-0.2, -0.15) is 0 Å². The average molecular weight is 436 g/mol. The molecule has 3 aromatic carbocycles. The number of benzene rings is 3. The first-order valence-electron chi connectivity index (χ1n) is 11.2. The zero-order valence-corrected chi connectivity index (χ0v) is 18.5. The first-order chi connectivity index (χ1) is 16.2. The molecule has 164 valence electrons. The van der Waals surface area contributed by atoms with Gasteiger partial charge in [-0.15, -0.1) is 0 Å². The van der Waals surface area contributed by atoms with Crippen molar-refractivity contribution in [2.24, 2.45) is 0 Å². The molecule has 0 radical (unpaired) electrons. The van der Waals surface area contributed by atoms with Crippen molar-refractivity contribution < 1.29 is 9.59 Å². The van der Waals surface area contributed by atoms with Crippen molar-refractivity contribution in [2.75, 3.05) is 18.0 Å². The van der Waals surface area contributed by atoms with E-state index in [1.165, 1.54) is 4.90 Å². The lowest BCUT2D eigenvalue weighted by molar-refractivity contribution is -0.136. The number of nitrogens with zero attached hydrogens (tertiary/aromatic N) is 2. The van der Waals surface area contributed by atoms with Crippen LogP contribution in [0.15, 0.2) is 96.8 Å². The molecule has 1 aliphatic rings.